The van der Waals surface area contributed by atoms with Crippen molar-refractivity contribution in [2.45, 2.75) is 58.8 Å². The number of nitrogens with zero attached hydrogens (tertiary/aromatic N) is 2. The van der Waals surface area contributed by atoms with E-state index in [0.717, 1.165) is 51.2 Å². The molecule has 162 valence electrons. The van der Waals surface area contributed by atoms with E-state index in [1.807, 2.05) is 29.3 Å². The number of rotatable bonds is 1. The molecule has 1 fully saturated rings. The maximum Gasteiger partial charge on any atom is 0.253 e. The second-order valence-electron chi connectivity index (χ2n) is 10.3. The minimum Gasteiger partial charge on any atom is -0.361 e. The molecule has 0 saturated carbocycles. The summed E-state index contributed by atoms with van der Waals surface area (Å²) in [5.41, 5.74) is 3.59. The first-order valence-electron chi connectivity index (χ1n) is 11.1. The summed E-state index contributed by atoms with van der Waals surface area (Å²) in [5, 5.41) is 2.15. The van der Waals surface area contributed by atoms with Crippen molar-refractivity contribution < 1.29 is 9.59 Å². The van der Waals surface area contributed by atoms with Gasteiger partial charge in [0.1, 0.15) is 5.69 Å². The molecule has 2 aliphatic rings. The summed E-state index contributed by atoms with van der Waals surface area (Å²) < 4.78 is 0. The normalized spacial score (nSPS) is 18.6. The number of H-pyrrole nitrogens is 1. The Kier molecular flexibility index (Phi) is 4.63. The molecule has 2 aromatic heterocycles. The monoisotopic (exact) mass is 435 g/mol. The Morgan fingerprint density at radius 1 is 1.19 bits per heavy atom. The van der Waals surface area contributed by atoms with E-state index in [0.29, 0.717) is 25.2 Å². The van der Waals surface area contributed by atoms with Crippen LogP contribution in [0.4, 0.5) is 0 Å². The number of hydrogen-bond acceptors (Lipinski definition) is 4. The van der Waals surface area contributed by atoms with Crippen molar-refractivity contribution in [3.63, 3.8) is 0 Å². The van der Waals surface area contributed by atoms with E-state index < -0.39 is 0 Å². The summed E-state index contributed by atoms with van der Waals surface area (Å²) in [6.07, 6.45) is 5.20. The van der Waals surface area contributed by atoms with Crippen LogP contribution in [0.25, 0.3) is 10.9 Å². The maximum atomic E-state index is 13.2. The van der Waals surface area contributed by atoms with Gasteiger partial charge in [-0.2, -0.15) is 0 Å². The molecular weight excluding hydrogens is 406 g/mol. The molecule has 31 heavy (non-hydrogen) atoms. The summed E-state index contributed by atoms with van der Waals surface area (Å²) in [7, 11) is 0. The van der Waals surface area contributed by atoms with Gasteiger partial charge in [0.05, 0.1) is 5.01 Å². The number of aryl methyl sites for hydroxylation is 1. The van der Waals surface area contributed by atoms with Crippen molar-refractivity contribution in [1.29, 1.82) is 0 Å². The fourth-order valence-electron chi connectivity index (χ4n) is 4.95. The molecular formula is C25H29N3O2S. The molecule has 5 rings (SSSR count). The Morgan fingerprint density at radius 3 is 2.65 bits per heavy atom. The topological polar surface area (TPSA) is 66.1 Å². The minimum atomic E-state index is -0.0375. The van der Waals surface area contributed by atoms with Crippen LogP contribution in [0.1, 0.15) is 76.3 Å². The van der Waals surface area contributed by atoms with E-state index >= 15 is 0 Å². The second-order valence-corrected chi connectivity index (χ2v) is 11.4. The van der Waals surface area contributed by atoms with Crippen molar-refractivity contribution in [2.24, 2.45) is 5.41 Å². The highest BCUT2D eigenvalue weighted by Gasteiger charge is 2.43. The number of carbonyl (C=O) groups excluding carboxylic acids is 2. The van der Waals surface area contributed by atoms with Gasteiger partial charge in [-0.3, -0.25) is 9.59 Å². The summed E-state index contributed by atoms with van der Waals surface area (Å²) in [4.78, 5) is 37.1. The standard InChI is InChI=1S/C25H29N3O2S/c1-15-14-26-18-6-5-16(11-17(15)18)22(30)28-9-7-25(8-10-28)12-19(29)21-20(13-25)31-23(27-21)24(2,3)4/h5-6,11,14,26H,7-10,12-13H2,1-4H3. The van der Waals surface area contributed by atoms with Gasteiger partial charge in [0.2, 0.25) is 0 Å². The van der Waals surface area contributed by atoms with Crippen LogP contribution in [0.15, 0.2) is 24.4 Å². The Bertz CT molecular complexity index is 1190. The highest BCUT2D eigenvalue weighted by molar-refractivity contribution is 7.12. The molecule has 1 amide bonds. The maximum absolute atomic E-state index is 13.2. The number of thiazole rings is 1. The van der Waals surface area contributed by atoms with Gasteiger partial charge in [0, 0.05) is 52.5 Å². The smallest absolute Gasteiger partial charge is 0.253 e. The summed E-state index contributed by atoms with van der Waals surface area (Å²) in [6, 6.07) is 5.89. The number of piperidine rings is 1. The van der Waals surface area contributed by atoms with Crippen LogP contribution in [0.3, 0.4) is 0 Å². The summed E-state index contributed by atoms with van der Waals surface area (Å²) >= 11 is 1.71. The number of nitrogens with one attached hydrogen (secondary N) is 1. The van der Waals surface area contributed by atoms with Crippen LogP contribution in [0.2, 0.25) is 0 Å². The first-order chi connectivity index (χ1) is 14.7. The third-order valence-electron chi connectivity index (χ3n) is 6.92. The minimum absolute atomic E-state index is 0.0241. The Balaban J connectivity index is 1.32. The Labute approximate surface area is 186 Å². The van der Waals surface area contributed by atoms with Crippen LogP contribution in [-0.2, 0) is 11.8 Å². The van der Waals surface area contributed by atoms with E-state index in [9.17, 15) is 9.59 Å². The molecule has 1 N–H and O–H groups in total. The molecule has 0 bridgehead atoms. The molecule has 5 nitrogen and oxygen atoms in total. The zero-order valence-electron chi connectivity index (χ0n) is 18.7. The molecule has 1 aliphatic carbocycles. The fourth-order valence-corrected chi connectivity index (χ4v) is 6.26. The van der Waals surface area contributed by atoms with Gasteiger partial charge in [-0.15, -0.1) is 11.3 Å². The van der Waals surface area contributed by atoms with Gasteiger partial charge in [-0.05, 0) is 55.4 Å². The average molecular weight is 436 g/mol. The lowest BCUT2D eigenvalue weighted by Crippen LogP contribution is -2.46. The largest absolute Gasteiger partial charge is 0.361 e. The van der Waals surface area contributed by atoms with Crippen LogP contribution in [0.5, 0.6) is 0 Å². The molecule has 6 heteroatoms. The van der Waals surface area contributed by atoms with Gasteiger partial charge in [-0.1, -0.05) is 20.8 Å². The number of benzene rings is 1. The molecule has 3 heterocycles. The van der Waals surface area contributed by atoms with Crippen LogP contribution in [-0.4, -0.2) is 39.6 Å². The molecule has 1 aromatic carbocycles. The van der Waals surface area contributed by atoms with Gasteiger partial charge in [0.15, 0.2) is 5.78 Å². The molecule has 1 aliphatic heterocycles. The zero-order chi connectivity index (χ0) is 22.0. The SMILES string of the molecule is Cc1c[nH]c2ccc(C(=O)N3CCC4(CC3)CC(=O)c3nc(C(C)(C)C)sc3C4)cc12. The van der Waals surface area contributed by atoms with Crippen molar-refractivity contribution in [3.8, 4) is 0 Å². The molecule has 0 radical (unpaired) electrons. The number of ketones is 1. The van der Waals surface area contributed by atoms with Gasteiger partial charge in [-0.25, -0.2) is 4.98 Å². The molecule has 1 spiro atoms. The Hall–Kier alpha value is -2.47. The lowest BCUT2D eigenvalue weighted by atomic mass is 9.68. The third kappa shape index (κ3) is 3.51. The van der Waals surface area contributed by atoms with Crippen LogP contribution < -0.4 is 0 Å². The van der Waals surface area contributed by atoms with Crippen molar-refractivity contribution in [1.82, 2.24) is 14.9 Å². The van der Waals surface area contributed by atoms with Crippen LogP contribution >= 0.6 is 11.3 Å². The second kappa shape index (κ2) is 7.02. The highest BCUT2D eigenvalue weighted by atomic mass is 32.1. The fraction of sp³-hybridized carbons (Fsp3) is 0.480. The lowest BCUT2D eigenvalue weighted by molar-refractivity contribution is 0.0522. The number of hydrogen-bond donors (Lipinski definition) is 1. The van der Waals surface area contributed by atoms with Crippen LogP contribution in [0, 0.1) is 12.3 Å². The third-order valence-corrected chi connectivity index (χ3v) is 8.40. The average Bonchev–Trinajstić information content (AvgIpc) is 3.32. The number of fused-ring (bicyclic) bond motifs is 2. The number of amides is 1. The number of Topliss-reactive ketones (excluding diaryl/α,β-unsaturated/α-hetero) is 1. The molecule has 1 saturated heterocycles. The number of likely N-dealkylation sites (tertiary alicyclic amines) is 1. The summed E-state index contributed by atoms with van der Waals surface area (Å²) in [6.45, 7) is 9.90. The van der Waals surface area contributed by atoms with Crippen molar-refractivity contribution in [3.05, 3.63) is 51.1 Å². The quantitative estimate of drug-likeness (QED) is 0.565. The van der Waals surface area contributed by atoms with Gasteiger partial charge >= 0.3 is 0 Å². The number of aromatic nitrogens is 2. The van der Waals surface area contributed by atoms with E-state index in [1.165, 1.54) is 0 Å². The summed E-state index contributed by atoms with van der Waals surface area (Å²) in [5.74, 6) is 0.272. The zero-order valence-corrected chi connectivity index (χ0v) is 19.5. The predicted molar refractivity (Wildman–Crippen MR) is 124 cm³/mol. The number of carbonyl (C=O) groups is 2. The highest BCUT2D eigenvalue weighted by Crippen LogP contribution is 2.46. The van der Waals surface area contributed by atoms with Crippen molar-refractivity contribution in [2.75, 3.05) is 13.1 Å². The van der Waals surface area contributed by atoms with E-state index in [1.54, 1.807) is 11.3 Å². The van der Waals surface area contributed by atoms with E-state index in [2.05, 4.69) is 32.7 Å². The Morgan fingerprint density at radius 2 is 1.94 bits per heavy atom. The predicted octanol–water partition coefficient (Wildman–Crippen LogP) is 5.28. The molecule has 0 atom stereocenters. The molecule has 0 unspecified atom stereocenters. The van der Waals surface area contributed by atoms with Gasteiger partial charge in [0.25, 0.3) is 5.91 Å². The first-order valence-corrected chi connectivity index (χ1v) is 11.9. The van der Waals surface area contributed by atoms with E-state index in [-0.39, 0.29) is 22.5 Å². The molecule has 3 aromatic rings. The first kappa shape index (κ1) is 20.4. The van der Waals surface area contributed by atoms with E-state index in [4.69, 9.17) is 4.98 Å². The lowest BCUT2D eigenvalue weighted by Gasteiger charge is -2.43. The van der Waals surface area contributed by atoms with Gasteiger partial charge < -0.3 is 9.88 Å². The van der Waals surface area contributed by atoms with Crippen molar-refractivity contribution >= 4 is 33.9 Å². The number of aromatic amines is 1.